The Kier molecular flexibility index (Phi) is 4.69. The van der Waals surface area contributed by atoms with Crippen LogP contribution >= 0.6 is 15.9 Å². The first-order valence-corrected chi connectivity index (χ1v) is 9.52. The summed E-state index contributed by atoms with van der Waals surface area (Å²) in [6.45, 7) is 0.143. The number of nitrogens with zero attached hydrogens (tertiary/aromatic N) is 1. The molecule has 1 atom stereocenters. The molecule has 1 fully saturated rings. The summed E-state index contributed by atoms with van der Waals surface area (Å²) in [5.41, 5.74) is 1.53. The number of hydrogen-bond donors (Lipinski definition) is 0. The van der Waals surface area contributed by atoms with Crippen LogP contribution in [0.4, 0.5) is 19.3 Å². The molecule has 1 aliphatic carbocycles. The fourth-order valence-electron chi connectivity index (χ4n) is 3.65. The maximum absolute atomic E-state index is 14.3. The fourth-order valence-corrected chi connectivity index (χ4v) is 4.29. The molecule has 136 valence electrons. The standard InChI is InChI=1S/C20H18BrF2NO2/c21-15-10-16(22)18(23)14-8-9-17(13-6-7-13)24(19(14)15)20(25)26-11-12-4-2-1-3-5-12/h1-5,10,13,17H,6-9,11H2. The van der Waals surface area contributed by atoms with Crippen molar-refractivity contribution in [2.45, 2.75) is 38.3 Å². The molecule has 1 heterocycles. The molecule has 0 spiro atoms. The molecule has 3 nitrogen and oxygen atoms in total. The Morgan fingerprint density at radius 2 is 1.92 bits per heavy atom. The normalized spacial score (nSPS) is 19.2. The van der Waals surface area contributed by atoms with E-state index < -0.39 is 17.7 Å². The van der Waals surface area contributed by atoms with Crippen LogP contribution in [0.15, 0.2) is 40.9 Å². The first-order chi connectivity index (χ1) is 12.6. The predicted octanol–water partition coefficient (Wildman–Crippen LogP) is 5.60. The van der Waals surface area contributed by atoms with Crippen molar-refractivity contribution in [2.24, 2.45) is 5.92 Å². The Morgan fingerprint density at radius 3 is 2.62 bits per heavy atom. The minimum atomic E-state index is -0.905. The fraction of sp³-hybridized carbons (Fsp3) is 0.350. The lowest BCUT2D eigenvalue weighted by Gasteiger charge is -2.37. The Hall–Kier alpha value is -1.95. The number of benzene rings is 2. The summed E-state index contributed by atoms with van der Waals surface area (Å²) in [5, 5.41) is 0. The van der Waals surface area contributed by atoms with Crippen LogP contribution in [0.5, 0.6) is 0 Å². The van der Waals surface area contributed by atoms with Crippen LogP contribution in [0.3, 0.4) is 0 Å². The average Bonchev–Trinajstić information content (AvgIpc) is 3.49. The largest absolute Gasteiger partial charge is 0.444 e. The van der Waals surface area contributed by atoms with Crippen molar-refractivity contribution in [3.05, 3.63) is 63.6 Å². The van der Waals surface area contributed by atoms with E-state index in [9.17, 15) is 13.6 Å². The highest BCUT2D eigenvalue weighted by atomic mass is 79.9. The van der Waals surface area contributed by atoms with Gasteiger partial charge in [0.1, 0.15) is 6.61 Å². The van der Waals surface area contributed by atoms with Gasteiger partial charge in [-0.1, -0.05) is 30.3 Å². The molecule has 0 bridgehead atoms. The molecule has 2 aliphatic rings. The van der Waals surface area contributed by atoms with Crippen LogP contribution in [-0.2, 0) is 17.8 Å². The van der Waals surface area contributed by atoms with Gasteiger partial charge in [-0.05, 0) is 59.2 Å². The first kappa shape index (κ1) is 17.5. The molecule has 1 unspecified atom stereocenters. The van der Waals surface area contributed by atoms with E-state index in [1.165, 1.54) is 4.90 Å². The number of halogens is 3. The number of carbonyl (C=O) groups is 1. The van der Waals surface area contributed by atoms with Gasteiger partial charge >= 0.3 is 6.09 Å². The molecule has 0 N–H and O–H groups in total. The number of ether oxygens (including phenoxy) is 1. The average molecular weight is 422 g/mol. The van der Waals surface area contributed by atoms with Crippen LogP contribution in [0, 0.1) is 17.6 Å². The van der Waals surface area contributed by atoms with Crippen molar-refractivity contribution < 1.29 is 18.3 Å². The summed E-state index contributed by atoms with van der Waals surface area (Å²) < 4.78 is 34.0. The van der Waals surface area contributed by atoms with E-state index in [4.69, 9.17) is 4.74 Å². The van der Waals surface area contributed by atoms with Crippen molar-refractivity contribution in [1.29, 1.82) is 0 Å². The molecule has 0 aromatic heterocycles. The summed E-state index contributed by atoms with van der Waals surface area (Å²) in [4.78, 5) is 14.4. The highest BCUT2D eigenvalue weighted by Crippen LogP contribution is 2.46. The third kappa shape index (κ3) is 3.22. The summed E-state index contributed by atoms with van der Waals surface area (Å²) >= 11 is 3.31. The van der Waals surface area contributed by atoms with Gasteiger partial charge < -0.3 is 4.74 Å². The third-order valence-electron chi connectivity index (χ3n) is 5.07. The topological polar surface area (TPSA) is 29.5 Å². The maximum atomic E-state index is 14.3. The second kappa shape index (κ2) is 6.99. The molecule has 6 heteroatoms. The van der Waals surface area contributed by atoms with Crippen LogP contribution < -0.4 is 4.90 Å². The van der Waals surface area contributed by atoms with E-state index >= 15 is 0 Å². The van der Waals surface area contributed by atoms with E-state index in [0.717, 1.165) is 24.5 Å². The van der Waals surface area contributed by atoms with E-state index in [-0.39, 0.29) is 18.2 Å². The lowest BCUT2D eigenvalue weighted by atomic mass is 9.93. The Labute approximate surface area is 159 Å². The number of amides is 1. The SMILES string of the molecule is O=C(OCc1ccccc1)N1c2c(Br)cc(F)c(F)c2CCC1C1CC1. The summed E-state index contributed by atoms with van der Waals surface area (Å²) in [6.07, 6.45) is 2.61. The summed E-state index contributed by atoms with van der Waals surface area (Å²) in [5.74, 6) is -1.39. The van der Waals surface area contributed by atoms with Gasteiger partial charge in [-0.2, -0.15) is 0 Å². The van der Waals surface area contributed by atoms with Gasteiger partial charge in [-0.15, -0.1) is 0 Å². The zero-order chi connectivity index (χ0) is 18.3. The molecule has 1 saturated carbocycles. The minimum Gasteiger partial charge on any atom is -0.444 e. The van der Waals surface area contributed by atoms with Crippen LogP contribution in [0.25, 0.3) is 0 Å². The minimum absolute atomic E-state index is 0.0352. The molecular formula is C20H18BrF2NO2. The highest BCUT2D eigenvalue weighted by Gasteiger charge is 2.43. The molecule has 1 amide bonds. The number of hydrogen-bond acceptors (Lipinski definition) is 2. The van der Waals surface area contributed by atoms with Crippen molar-refractivity contribution in [3.8, 4) is 0 Å². The smallest absolute Gasteiger partial charge is 0.414 e. The van der Waals surface area contributed by atoms with Crippen molar-refractivity contribution in [3.63, 3.8) is 0 Å². The third-order valence-corrected chi connectivity index (χ3v) is 5.68. The highest BCUT2D eigenvalue weighted by molar-refractivity contribution is 9.10. The van der Waals surface area contributed by atoms with E-state index in [2.05, 4.69) is 15.9 Å². The molecule has 0 saturated heterocycles. The number of fused-ring (bicyclic) bond motifs is 1. The quantitative estimate of drug-likeness (QED) is 0.604. The Bertz CT molecular complexity index is 839. The Balaban J connectivity index is 1.65. The number of carbonyl (C=O) groups excluding carboxylic acids is 1. The van der Waals surface area contributed by atoms with E-state index in [1.807, 2.05) is 30.3 Å². The predicted molar refractivity (Wildman–Crippen MR) is 98.0 cm³/mol. The summed E-state index contributed by atoms with van der Waals surface area (Å²) in [7, 11) is 0. The van der Waals surface area contributed by atoms with E-state index in [0.29, 0.717) is 28.9 Å². The molecule has 2 aromatic carbocycles. The van der Waals surface area contributed by atoms with Gasteiger partial charge in [0.25, 0.3) is 0 Å². The molecule has 4 rings (SSSR count). The molecular weight excluding hydrogens is 404 g/mol. The first-order valence-electron chi connectivity index (χ1n) is 8.72. The van der Waals surface area contributed by atoms with Crippen LogP contribution in [0.1, 0.15) is 30.4 Å². The molecule has 26 heavy (non-hydrogen) atoms. The van der Waals surface area contributed by atoms with Gasteiger partial charge in [0.15, 0.2) is 11.6 Å². The molecule has 2 aromatic rings. The van der Waals surface area contributed by atoms with Crippen LogP contribution in [-0.4, -0.2) is 12.1 Å². The second-order valence-corrected chi connectivity index (χ2v) is 7.69. The van der Waals surface area contributed by atoms with Gasteiger partial charge in [0.2, 0.25) is 0 Å². The zero-order valence-corrected chi connectivity index (χ0v) is 15.6. The Morgan fingerprint density at radius 1 is 1.19 bits per heavy atom. The lowest BCUT2D eigenvalue weighted by Crippen LogP contribution is -2.46. The molecule has 1 aliphatic heterocycles. The van der Waals surface area contributed by atoms with E-state index in [1.54, 1.807) is 0 Å². The van der Waals surface area contributed by atoms with Crippen molar-refractivity contribution >= 4 is 27.7 Å². The van der Waals surface area contributed by atoms with Crippen molar-refractivity contribution in [2.75, 3.05) is 4.90 Å². The number of rotatable bonds is 3. The van der Waals surface area contributed by atoms with Crippen molar-refractivity contribution in [1.82, 2.24) is 0 Å². The monoisotopic (exact) mass is 421 g/mol. The zero-order valence-electron chi connectivity index (χ0n) is 14.1. The lowest BCUT2D eigenvalue weighted by molar-refractivity contribution is 0.142. The maximum Gasteiger partial charge on any atom is 0.414 e. The molecule has 0 radical (unpaired) electrons. The second-order valence-electron chi connectivity index (χ2n) is 6.83. The van der Waals surface area contributed by atoms with Gasteiger partial charge in [-0.3, -0.25) is 4.90 Å². The van der Waals surface area contributed by atoms with Crippen LogP contribution in [0.2, 0.25) is 0 Å². The number of anilines is 1. The van der Waals surface area contributed by atoms with Gasteiger partial charge in [0, 0.05) is 16.1 Å². The summed E-state index contributed by atoms with van der Waals surface area (Å²) in [6, 6.07) is 10.4. The van der Waals surface area contributed by atoms with Gasteiger partial charge in [0.05, 0.1) is 5.69 Å². The van der Waals surface area contributed by atoms with Gasteiger partial charge in [-0.25, -0.2) is 13.6 Å².